The number of piperidine rings is 1. The average Bonchev–Trinajstić information content (AvgIpc) is 3.29. The summed E-state index contributed by atoms with van der Waals surface area (Å²) in [7, 11) is 0. The van der Waals surface area contributed by atoms with Crippen molar-refractivity contribution in [2.75, 3.05) is 13.1 Å². The number of fused-ring (bicyclic) bond motifs is 1. The van der Waals surface area contributed by atoms with Gasteiger partial charge in [0.15, 0.2) is 5.58 Å². The molecule has 4 rings (SSSR count). The maximum absolute atomic E-state index is 13.0. The Kier molecular flexibility index (Phi) is 5.23. The predicted molar refractivity (Wildman–Crippen MR) is 104 cm³/mol. The number of nitrogens with zero attached hydrogens (tertiary/aromatic N) is 2. The van der Waals surface area contributed by atoms with Gasteiger partial charge in [-0.2, -0.15) is 0 Å². The molecule has 2 aromatic heterocycles. The molecule has 1 N–H and O–H groups in total. The predicted octanol–water partition coefficient (Wildman–Crippen LogP) is 3.56. The average molecular weight is 371 g/mol. The van der Waals surface area contributed by atoms with Crippen molar-refractivity contribution in [2.24, 2.45) is 5.92 Å². The third-order valence-corrected chi connectivity index (χ3v) is 6.16. The first kappa shape index (κ1) is 18.1. The number of aryl methyl sites for hydroxylation is 1. The van der Waals surface area contributed by atoms with Crippen LogP contribution in [0.1, 0.15) is 62.4 Å². The molecular formula is C21H29N3O3. The standard InChI is InChI=1S/C21H29N3O3/c1-2-24-17-10-13-27-19(17)14-18(24)21(26)23-11-8-15(9-12-23)20(25)22-16-6-4-3-5-7-16/h10,13-16H,2-9,11-12H2,1H3,(H,22,25). The van der Waals surface area contributed by atoms with Crippen LogP contribution in [0.4, 0.5) is 0 Å². The monoisotopic (exact) mass is 371 g/mol. The van der Waals surface area contributed by atoms with Gasteiger partial charge in [0.25, 0.3) is 5.91 Å². The van der Waals surface area contributed by atoms with Crippen molar-refractivity contribution >= 4 is 22.9 Å². The Morgan fingerprint density at radius 2 is 1.89 bits per heavy atom. The zero-order valence-electron chi connectivity index (χ0n) is 16.1. The third kappa shape index (κ3) is 3.62. The molecule has 2 aliphatic rings. The van der Waals surface area contributed by atoms with E-state index in [1.165, 1.54) is 19.3 Å². The van der Waals surface area contributed by atoms with Gasteiger partial charge < -0.3 is 19.2 Å². The van der Waals surface area contributed by atoms with Gasteiger partial charge in [-0.3, -0.25) is 9.59 Å². The molecule has 0 unspecified atom stereocenters. The van der Waals surface area contributed by atoms with E-state index in [-0.39, 0.29) is 17.7 Å². The van der Waals surface area contributed by atoms with Gasteiger partial charge in [-0.1, -0.05) is 19.3 Å². The number of nitrogens with one attached hydrogen (secondary N) is 1. The molecule has 2 fully saturated rings. The summed E-state index contributed by atoms with van der Waals surface area (Å²) in [6.07, 6.45) is 9.09. The number of amides is 2. The van der Waals surface area contributed by atoms with Crippen LogP contribution in [0.5, 0.6) is 0 Å². The smallest absolute Gasteiger partial charge is 0.270 e. The topological polar surface area (TPSA) is 67.5 Å². The van der Waals surface area contributed by atoms with E-state index in [0.29, 0.717) is 24.8 Å². The van der Waals surface area contributed by atoms with Crippen LogP contribution in [0, 0.1) is 5.92 Å². The summed E-state index contributed by atoms with van der Waals surface area (Å²) in [6.45, 7) is 4.03. The summed E-state index contributed by atoms with van der Waals surface area (Å²) in [5.41, 5.74) is 2.39. The molecule has 1 saturated heterocycles. The molecule has 1 aliphatic heterocycles. The van der Waals surface area contributed by atoms with Crippen LogP contribution in [0.3, 0.4) is 0 Å². The van der Waals surface area contributed by atoms with Gasteiger partial charge in [-0.05, 0) is 32.6 Å². The SMILES string of the molecule is CCn1c(C(=O)N2CCC(C(=O)NC3CCCCC3)CC2)cc2occc21. The molecule has 2 amide bonds. The molecule has 2 aromatic rings. The second-order valence-electron chi connectivity index (χ2n) is 7.85. The van der Waals surface area contributed by atoms with E-state index < -0.39 is 0 Å². The van der Waals surface area contributed by atoms with Crippen molar-refractivity contribution in [2.45, 2.75) is 64.5 Å². The Labute approximate surface area is 159 Å². The Morgan fingerprint density at radius 1 is 1.15 bits per heavy atom. The van der Waals surface area contributed by atoms with Crippen LogP contribution in [0.2, 0.25) is 0 Å². The number of likely N-dealkylation sites (tertiary alicyclic amines) is 1. The minimum Gasteiger partial charge on any atom is -0.463 e. The van der Waals surface area contributed by atoms with Gasteiger partial charge in [-0.25, -0.2) is 0 Å². The van der Waals surface area contributed by atoms with E-state index in [1.807, 2.05) is 28.5 Å². The fourth-order valence-corrected chi connectivity index (χ4v) is 4.57. The minimum absolute atomic E-state index is 0.0326. The lowest BCUT2D eigenvalue weighted by Gasteiger charge is -2.33. The number of rotatable bonds is 4. The maximum Gasteiger partial charge on any atom is 0.270 e. The van der Waals surface area contributed by atoms with Gasteiger partial charge in [0.05, 0.1) is 11.8 Å². The molecular weight excluding hydrogens is 342 g/mol. The van der Waals surface area contributed by atoms with Crippen molar-refractivity contribution in [3.05, 3.63) is 24.1 Å². The number of hydrogen-bond donors (Lipinski definition) is 1. The first-order valence-corrected chi connectivity index (χ1v) is 10.3. The molecule has 3 heterocycles. The van der Waals surface area contributed by atoms with E-state index in [2.05, 4.69) is 5.32 Å². The second kappa shape index (κ2) is 7.79. The zero-order valence-corrected chi connectivity index (χ0v) is 16.1. The van der Waals surface area contributed by atoms with Crippen LogP contribution in [-0.4, -0.2) is 40.4 Å². The lowest BCUT2D eigenvalue weighted by Crippen LogP contribution is -2.46. The first-order chi connectivity index (χ1) is 13.2. The lowest BCUT2D eigenvalue weighted by atomic mass is 9.92. The van der Waals surface area contributed by atoms with Gasteiger partial charge in [0.2, 0.25) is 5.91 Å². The van der Waals surface area contributed by atoms with E-state index in [9.17, 15) is 9.59 Å². The zero-order chi connectivity index (χ0) is 18.8. The maximum atomic E-state index is 13.0. The van der Waals surface area contributed by atoms with Crippen molar-refractivity contribution in [1.29, 1.82) is 0 Å². The van der Waals surface area contributed by atoms with Crippen LogP contribution in [-0.2, 0) is 11.3 Å². The van der Waals surface area contributed by atoms with E-state index >= 15 is 0 Å². The van der Waals surface area contributed by atoms with Crippen LogP contribution < -0.4 is 5.32 Å². The van der Waals surface area contributed by atoms with Gasteiger partial charge in [0, 0.05) is 43.7 Å². The molecule has 1 aliphatic carbocycles. The van der Waals surface area contributed by atoms with Crippen molar-refractivity contribution in [3.8, 4) is 0 Å². The Bertz CT molecular complexity index is 808. The van der Waals surface area contributed by atoms with E-state index in [1.54, 1.807) is 6.26 Å². The van der Waals surface area contributed by atoms with Crippen LogP contribution in [0.15, 0.2) is 22.8 Å². The fraction of sp³-hybridized carbons (Fsp3) is 0.619. The second-order valence-corrected chi connectivity index (χ2v) is 7.85. The van der Waals surface area contributed by atoms with Crippen LogP contribution in [0.25, 0.3) is 11.1 Å². The minimum atomic E-state index is 0.0326. The summed E-state index contributed by atoms with van der Waals surface area (Å²) < 4.78 is 7.46. The molecule has 27 heavy (non-hydrogen) atoms. The molecule has 6 nitrogen and oxygen atoms in total. The fourth-order valence-electron chi connectivity index (χ4n) is 4.57. The van der Waals surface area contributed by atoms with Crippen molar-refractivity contribution in [1.82, 2.24) is 14.8 Å². The normalized spacial score (nSPS) is 19.5. The molecule has 0 spiro atoms. The molecule has 0 aromatic carbocycles. The molecule has 146 valence electrons. The molecule has 0 bridgehead atoms. The number of carbonyl (C=O) groups is 2. The Morgan fingerprint density at radius 3 is 2.59 bits per heavy atom. The first-order valence-electron chi connectivity index (χ1n) is 10.3. The number of furan rings is 1. The van der Waals surface area contributed by atoms with Crippen molar-refractivity contribution < 1.29 is 14.0 Å². The van der Waals surface area contributed by atoms with Gasteiger partial charge in [-0.15, -0.1) is 0 Å². The van der Waals surface area contributed by atoms with Crippen molar-refractivity contribution in [3.63, 3.8) is 0 Å². The highest BCUT2D eigenvalue weighted by Crippen LogP contribution is 2.25. The molecule has 6 heteroatoms. The lowest BCUT2D eigenvalue weighted by molar-refractivity contribution is -0.127. The van der Waals surface area contributed by atoms with Gasteiger partial charge in [0.1, 0.15) is 5.69 Å². The van der Waals surface area contributed by atoms with E-state index in [0.717, 1.165) is 43.3 Å². The summed E-state index contributed by atoms with van der Waals surface area (Å²) in [4.78, 5) is 27.4. The molecule has 0 radical (unpaired) electrons. The molecule has 0 atom stereocenters. The summed E-state index contributed by atoms with van der Waals surface area (Å²) >= 11 is 0. The highest BCUT2D eigenvalue weighted by atomic mass is 16.3. The summed E-state index contributed by atoms with van der Waals surface area (Å²) in [6, 6.07) is 4.09. The highest BCUT2D eigenvalue weighted by Gasteiger charge is 2.30. The largest absolute Gasteiger partial charge is 0.463 e. The quantitative estimate of drug-likeness (QED) is 0.894. The molecule has 1 saturated carbocycles. The number of hydrogen-bond acceptors (Lipinski definition) is 3. The Balaban J connectivity index is 1.36. The Hall–Kier alpha value is -2.24. The van der Waals surface area contributed by atoms with Crippen LogP contribution >= 0.6 is 0 Å². The third-order valence-electron chi connectivity index (χ3n) is 6.16. The van der Waals surface area contributed by atoms with Gasteiger partial charge >= 0.3 is 0 Å². The number of aromatic nitrogens is 1. The number of carbonyl (C=O) groups excluding carboxylic acids is 2. The highest BCUT2D eigenvalue weighted by molar-refractivity contribution is 5.97. The van der Waals surface area contributed by atoms with E-state index in [4.69, 9.17) is 4.42 Å². The summed E-state index contributed by atoms with van der Waals surface area (Å²) in [5.74, 6) is 0.253. The summed E-state index contributed by atoms with van der Waals surface area (Å²) in [5, 5.41) is 3.24.